The number of carbonyl (C=O) groups is 1. The zero-order valence-electron chi connectivity index (χ0n) is 20.7. The van der Waals surface area contributed by atoms with Gasteiger partial charge in [-0.3, -0.25) is 4.79 Å². The Bertz CT molecular complexity index is 1420. The normalized spacial score (nSPS) is 14.2. The van der Waals surface area contributed by atoms with Crippen molar-refractivity contribution in [2.24, 2.45) is 0 Å². The smallest absolute Gasteiger partial charge is 0.247 e. The summed E-state index contributed by atoms with van der Waals surface area (Å²) in [7, 11) is 2.16. The van der Waals surface area contributed by atoms with Crippen LogP contribution in [-0.4, -0.2) is 59.1 Å². The molecule has 7 heteroatoms. The number of fused-ring (bicyclic) bond motifs is 1. The van der Waals surface area contributed by atoms with Gasteiger partial charge < -0.3 is 25.2 Å². The zero-order valence-corrected chi connectivity index (χ0v) is 20.7. The number of hydrogen-bond donors (Lipinski definition) is 3. The van der Waals surface area contributed by atoms with E-state index in [1.54, 1.807) is 6.20 Å². The number of hydrogen-bond acceptors (Lipinski definition) is 5. The minimum atomic E-state index is -0.252. The van der Waals surface area contributed by atoms with Crippen molar-refractivity contribution in [1.29, 1.82) is 0 Å². The number of aryl methyl sites for hydroxylation is 1. The molecular weight excluding hydrogens is 450 g/mol. The van der Waals surface area contributed by atoms with Crippen molar-refractivity contribution in [3.8, 4) is 22.4 Å². The summed E-state index contributed by atoms with van der Waals surface area (Å²) in [4.78, 5) is 24.9. The number of benzene rings is 2. The maximum absolute atomic E-state index is 12.0. The fraction of sp³-hybridized carbons (Fsp3) is 0.241. The molecule has 1 amide bonds. The van der Waals surface area contributed by atoms with Crippen molar-refractivity contribution >= 4 is 28.3 Å². The Hall–Kier alpha value is -3.94. The molecule has 0 bridgehead atoms. The maximum atomic E-state index is 12.0. The Morgan fingerprint density at radius 2 is 1.83 bits per heavy atom. The summed E-state index contributed by atoms with van der Waals surface area (Å²) in [5, 5.41) is 13.6. The summed E-state index contributed by atoms with van der Waals surface area (Å²) in [5.74, 6) is -0.252. The molecule has 7 nitrogen and oxygen atoms in total. The van der Waals surface area contributed by atoms with Crippen molar-refractivity contribution < 1.29 is 9.90 Å². The van der Waals surface area contributed by atoms with Crippen LogP contribution in [0.4, 0.5) is 11.4 Å². The maximum Gasteiger partial charge on any atom is 0.247 e. The summed E-state index contributed by atoms with van der Waals surface area (Å²) >= 11 is 0. The number of aliphatic hydroxyl groups excluding tert-OH is 1. The van der Waals surface area contributed by atoms with Gasteiger partial charge in [-0.15, -0.1) is 0 Å². The van der Waals surface area contributed by atoms with Crippen LogP contribution in [0.25, 0.3) is 33.4 Å². The molecule has 3 heterocycles. The number of aliphatic hydroxyl groups is 1. The third-order valence-electron chi connectivity index (χ3n) is 6.88. The molecule has 1 aliphatic rings. The number of piperazine rings is 1. The van der Waals surface area contributed by atoms with Gasteiger partial charge in [0.05, 0.1) is 12.3 Å². The number of H-pyrrole nitrogens is 1. The average Bonchev–Trinajstić information content (AvgIpc) is 3.29. The van der Waals surface area contributed by atoms with E-state index >= 15 is 0 Å². The van der Waals surface area contributed by atoms with E-state index in [9.17, 15) is 9.90 Å². The van der Waals surface area contributed by atoms with E-state index in [0.717, 1.165) is 76.4 Å². The lowest BCUT2D eigenvalue weighted by molar-refractivity contribution is -0.111. The zero-order chi connectivity index (χ0) is 25.2. The Balaban J connectivity index is 1.61. The van der Waals surface area contributed by atoms with Crippen LogP contribution in [0.5, 0.6) is 0 Å². The minimum absolute atomic E-state index is 0.0862. The monoisotopic (exact) mass is 481 g/mol. The van der Waals surface area contributed by atoms with Gasteiger partial charge in [0.15, 0.2) is 0 Å². The molecule has 1 fully saturated rings. The third-order valence-corrected chi connectivity index (χ3v) is 6.88. The third kappa shape index (κ3) is 4.63. The number of carbonyl (C=O) groups excluding carboxylic acids is 1. The first-order valence-corrected chi connectivity index (χ1v) is 12.2. The van der Waals surface area contributed by atoms with Gasteiger partial charge in [0, 0.05) is 54.7 Å². The predicted molar refractivity (Wildman–Crippen MR) is 146 cm³/mol. The molecule has 3 N–H and O–H groups in total. The molecule has 0 atom stereocenters. The average molecular weight is 482 g/mol. The Morgan fingerprint density at radius 1 is 1.11 bits per heavy atom. The topological polar surface area (TPSA) is 84.5 Å². The molecule has 5 rings (SSSR count). The van der Waals surface area contributed by atoms with Gasteiger partial charge in [0.25, 0.3) is 0 Å². The van der Waals surface area contributed by atoms with Gasteiger partial charge in [-0.25, -0.2) is 4.98 Å². The number of pyridine rings is 1. The number of amides is 1. The van der Waals surface area contributed by atoms with Crippen molar-refractivity contribution in [1.82, 2.24) is 14.9 Å². The van der Waals surface area contributed by atoms with Crippen LogP contribution in [0.1, 0.15) is 11.1 Å². The van der Waals surface area contributed by atoms with Gasteiger partial charge in [-0.2, -0.15) is 0 Å². The van der Waals surface area contributed by atoms with Crippen molar-refractivity contribution in [2.75, 3.05) is 43.4 Å². The largest absolute Gasteiger partial charge is 0.392 e. The molecule has 0 spiro atoms. The Morgan fingerprint density at radius 3 is 2.53 bits per heavy atom. The quantitative estimate of drug-likeness (QED) is 0.351. The summed E-state index contributed by atoms with van der Waals surface area (Å²) in [6.45, 7) is 9.59. The van der Waals surface area contributed by atoms with Crippen LogP contribution < -0.4 is 10.2 Å². The number of aromatic amines is 1. The summed E-state index contributed by atoms with van der Waals surface area (Å²) in [6.07, 6.45) is 2.95. The first kappa shape index (κ1) is 23.8. The van der Waals surface area contributed by atoms with Crippen molar-refractivity contribution in [2.45, 2.75) is 13.5 Å². The molecule has 1 aliphatic heterocycles. The van der Waals surface area contributed by atoms with E-state index in [1.807, 2.05) is 25.1 Å². The summed E-state index contributed by atoms with van der Waals surface area (Å²) in [5.41, 5.74) is 8.32. The highest BCUT2D eigenvalue weighted by Crippen LogP contribution is 2.40. The predicted octanol–water partition coefficient (Wildman–Crippen LogP) is 4.57. The van der Waals surface area contributed by atoms with Gasteiger partial charge >= 0.3 is 0 Å². The fourth-order valence-corrected chi connectivity index (χ4v) is 4.72. The summed E-state index contributed by atoms with van der Waals surface area (Å²) < 4.78 is 0. The Labute approximate surface area is 211 Å². The van der Waals surface area contributed by atoms with E-state index in [-0.39, 0.29) is 12.5 Å². The molecule has 1 saturated heterocycles. The molecule has 184 valence electrons. The minimum Gasteiger partial charge on any atom is -0.392 e. The fourth-order valence-electron chi connectivity index (χ4n) is 4.72. The number of rotatable bonds is 6. The first-order chi connectivity index (χ1) is 17.5. The highest BCUT2D eigenvalue weighted by Gasteiger charge is 2.19. The molecule has 0 radical (unpaired) electrons. The van der Waals surface area contributed by atoms with Crippen molar-refractivity contribution in [3.05, 3.63) is 78.5 Å². The number of likely N-dealkylation sites (N-methyl/N-ethyl adjacent to an activating group) is 1. The van der Waals surface area contributed by atoms with Crippen LogP contribution >= 0.6 is 0 Å². The number of aromatic nitrogens is 2. The molecule has 2 aromatic heterocycles. The van der Waals surface area contributed by atoms with Crippen LogP contribution in [0, 0.1) is 6.92 Å². The lowest BCUT2D eigenvalue weighted by atomic mass is 9.96. The first-order valence-electron chi connectivity index (χ1n) is 12.2. The van der Waals surface area contributed by atoms with E-state index in [0.29, 0.717) is 0 Å². The summed E-state index contributed by atoms with van der Waals surface area (Å²) in [6, 6.07) is 16.6. The highest BCUT2D eigenvalue weighted by atomic mass is 16.3. The second kappa shape index (κ2) is 9.97. The molecule has 0 saturated carbocycles. The van der Waals surface area contributed by atoms with Crippen LogP contribution in [0.15, 0.2) is 67.4 Å². The molecule has 0 unspecified atom stereocenters. The Kier molecular flexibility index (Phi) is 6.59. The molecule has 2 aromatic carbocycles. The van der Waals surface area contributed by atoms with E-state index in [1.165, 1.54) is 11.8 Å². The lowest BCUT2D eigenvalue weighted by Gasteiger charge is -2.34. The van der Waals surface area contributed by atoms with E-state index in [2.05, 4.69) is 69.0 Å². The molecule has 36 heavy (non-hydrogen) atoms. The van der Waals surface area contributed by atoms with Crippen molar-refractivity contribution in [3.63, 3.8) is 0 Å². The van der Waals surface area contributed by atoms with Gasteiger partial charge in [-0.1, -0.05) is 30.8 Å². The second-order valence-electron chi connectivity index (χ2n) is 9.33. The SMILES string of the molecule is C=CC(=O)Nc1cc(-c2c(-c3ccc(N4CCN(C)CC4)cc3)[nH]c3ncc(CO)cc23)ccc1C. The van der Waals surface area contributed by atoms with Crippen LogP contribution in [0.3, 0.4) is 0 Å². The number of anilines is 2. The lowest BCUT2D eigenvalue weighted by Crippen LogP contribution is -2.44. The molecule has 0 aliphatic carbocycles. The van der Waals surface area contributed by atoms with Crippen LogP contribution in [0.2, 0.25) is 0 Å². The van der Waals surface area contributed by atoms with Crippen LogP contribution in [-0.2, 0) is 11.4 Å². The number of nitrogens with one attached hydrogen (secondary N) is 2. The number of nitrogens with zero attached hydrogens (tertiary/aromatic N) is 3. The molecular formula is C29H31N5O2. The van der Waals surface area contributed by atoms with E-state index in [4.69, 9.17) is 0 Å². The molecule has 4 aromatic rings. The highest BCUT2D eigenvalue weighted by molar-refractivity contribution is 6.04. The van der Waals surface area contributed by atoms with Gasteiger partial charge in [0.2, 0.25) is 5.91 Å². The standard InChI is InChI=1S/C29H31N5O2/c1-4-26(36)31-25-16-22(6-5-19(25)2)27-24-15-20(18-35)17-30-29(24)32-28(27)21-7-9-23(10-8-21)34-13-11-33(3)12-14-34/h4-10,15-17,35H,1,11-14,18H2,2-3H3,(H,30,32)(H,31,36). The van der Waals surface area contributed by atoms with E-state index < -0.39 is 0 Å². The van der Waals surface area contributed by atoms with Gasteiger partial charge in [0.1, 0.15) is 5.65 Å². The second-order valence-corrected chi connectivity index (χ2v) is 9.33. The van der Waals surface area contributed by atoms with Gasteiger partial charge in [-0.05, 0) is 66.6 Å².